The van der Waals surface area contributed by atoms with Crippen LogP contribution in [-0.4, -0.2) is 21.8 Å². The fourth-order valence-electron chi connectivity index (χ4n) is 2.19. The highest BCUT2D eigenvalue weighted by Crippen LogP contribution is 2.26. The third-order valence-corrected chi connectivity index (χ3v) is 3.98. The molecule has 5 heteroatoms. The summed E-state index contributed by atoms with van der Waals surface area (Å²) in [6.07, 6.45) is 2.45. The maximum absolute atomic E-state index is 4.35. The average Bonchev–Trinajstić information content (AvgIpc) is 2.86. The summed E-state index contributed by atoms with van der Waals surface area (Å²) in [5, 5.41) is 7.59. The number of likely N-dealkylation sites (N-methyl/N-ethyl adjacent to an activating group) is 1. The van der Waals surface area contributed by atoms with Crippen LogP contribution in [0.5, 0.6) is 0 Å². The zero-order valence-corrected chi connectivity index (χ0v) is 13.1. The van der Waals surface area contributed by atoms with Crippen LogP contribution in [0, 0.1) is 6.92 Å². The Balaban J connectivity index is 2.27. The monoisotopic (exact) mass is 322 g/mol. The SMILES string of the molecule is CCn1ncnc1CC(NC)c1cc(C)ccc1Br. The maximum Gasteiger partial charge on any atom is 0.138 e. The van der Waals surface area contributed by atoms with Crippen molar-refractivity contribution >= 4 is 15.9 Å². The van der Waals surface area contributed by atoms with Gasteiger partial charge in [-0.3, -0.25) is 4.68 Å². The van der Waals surface area contributed by atoms with E-state index < -0.39 is 0 Å². The molecule has 2 rings (SSSR count). The zero-order valence-electron chi connectivity index (χ0n) is 11.5. The van der Waals surface area contributed by atoms with Crippen molar-refractivity contribution in [3.8, 4) is 0 Å². The minimum Gasteiger partial charge on any atom is -0.313 e. The predicted molar refractivity (Wildman–Crippen MR) is 80.1 cm³/mol. The smallest absolute Gasteiger partial charge is 0.138 e. The summed E-state index contributed by atoms with van der Waals surface area (Å²) in [6.45, 7) is 5.03. The van der Waals surface area contributed by atoms with Crippen molar-refractivity contribution < 1.29 is 0 Å². The van der Waals surface area contributed by atoms with Gasteiger partial charge in [-0.05, 0) is 32.5 Å². The molecule has 1 heterocycles. The average molecular weight is 323 g/mol. The van der Waals surface area contributed by atoms with Crippen LogP contribution in [0.25, 0.3) is 0 Å². The first kappa shape index (κ1) is 14.2. The van der Waals surface area contributed by atoms with Crippen molar-refractivity contribution in [1.29, 1.82) is 0 Å². The Kier molecular flexibility index (Phi) is 4.71. The van der Waals surface area contributed by atoms with E-state index in [-0.39, 0.29) is 6.04 Å². The van der Waals surface area contributed by atoms with Gasteiger partial charge in [0.15, 0.2) is 0 Å². The Morgan fingerprint density at radius 2 is 2.21 bits per heavy atom. The number of nitrogens with zero attached hydrogens (tertiary/aromatic N) is 3. The molecule has 0 aliphatic rings. The first-order valence-electron chi connectivity index (χ1n) is 6.45. The van der Waals surface area contributed by atoms with E-state index in [0.717, 1.165) is 23.3 Å². The fraction of sp³-hybridized carbons (Fsp3) is 0.429. The van der Waals surface area contributed by atoms with Crippen LogP contribution in [0.1, 0.15) is 29.9 Å². The molecule has 0 aliphatic carbocycles. The van der Waals surface area contributed by atoms with Crippen LogP contribution >= 0.6 is 15.9 Å². The van der Waals surface area contributed by atoms with Crippen molar-refractivity contribution in [1.82, 2.24) is 20.1 Å². The molecule has 0 fully saturated rings. The zero-order chi connectivity index (χ0) is 13.8. The van der Waals surface area contributed by atoms with Gasteiger partial charge in [-0.2, -0.15) is 5.10 Å². The number of hydrogen-bond donors (Lipinski definition) is 1. The standard InChI is InChI=1S/C14H19BrN4/c1-4-19-14(17-9-18-19)8-13(16-3)11-7-10(2)5-6-12(11)15/h5-7,9,13,16H,4,8H2,1-3H3. The third-order valence-electron chi connectivity index (χ3n) is 3.26. The van der Waals surface area contributed by atoms with Gasteiger partial charge >= 0.3 is 0 Å². The number of aromatic nitrogens is 3. The van der Waals surface area contributed by atoms with Gasteiger partial charge in [-0.25, -0.2) is 4.98 Å². The lowest BCUT2D eigenvalue weighted by Crippen LogP contribution is -2.21. The second-order valence-electron chi connectivity index (χ2n) is 4.56. The molecule has 0 saturated heterocycles. The highest BCUT2D eigenvalue weighted by molar-refractivity contribution is 9.10. The van der Waals surface area contributed by atoms with Gasteiger partial charge in [0.1, 0.15) is 12.2 Å². The van der Waals surface area contributed by atoms with Gasteiger partial charge in [0.05, 0.1) is 0 Å². The first-order valence-corrected chi connectivity index (χ1v) is 7.25. The molecule has 1 aromatic heterocycles. The molecule has 2 aromatic rings. The number of halogens is 1. The van der Waals surface area contributed by atoms with Crippen LogP contribution in [0.4, 0.5) is 0 Å². The van der Waals surface area contributed by atoms with E-state index in [1.807, 2.05) is 11.7 Å². The van der Waals surface area contributed by atoms with Crippen LogP contribution in [0.15, 0.2) is 29.0 Å². The highest BCUT2D eigenvalue weighted by Gasteiger charge is 2.16. The van der Waals surface area contributed by atoms with Gasteiger partial charge in [-0.15, -0.1) is 0 Å². The summed E-state index contributed by atoms with van der Waals surface area (Å²) < 4.78 is 3.06. The van der Waals surface area contributed by atoms with Gasteiger partial charge in [0, 0.05) is 23.5 Å². The van der Waals surface area contributed by atoms with E-state index in [1.165, 1.54) is 11.1 Å². The van der Waals surface area contributed by atoms with Gasteiger partial charge in [0.25, 0.3) is 0 Å². The van der Waals surface area contributed by atoms with Crippen LogP contribution in [0.3, 0.4) is 0 Å². The van der Waals surface area contributed by atoms with Crippen molar-refractivity contribution in [3.63, 3.8) is 0 Å². The van der Waals surface area contributed by atoms with Gasteiger partial charge in [-0.1, -0.05) is 33.6 Å². The normalized spacial score (nSPS) is 12.6. The molecule has 4 nitrogen and oxygen atoms in total. The summed E-state index contributed by atoms with van der Waals surface area (Å²) in [7, 11) is 1.98. The van der Waals surface area contributed by atoms with Crippen LogP contribution in [0.2, 0.25) is 0 Å². The lowest BCUT2D eigenvalue weighted by molar-refractivity contribution is 0.532. The van der Waals surface area contributed by atoms with Crippen LogP contribution < -0.4 is 5.32 Å². The molecule has 0 saturated carbocycles. The molecular formula is C14H19BrN4. The summed E-state index contributed by atoms with van der Waals surface area (Å²) in [5.74, 6) is 1.01. The summed E-state index contributed by atoms with van der Waals surface area (Å²) in [6, 6.07) is 6.63. The highest BCUT2D eigenvalue weighted by atomic mass is 79.9. The molecule has 0 aliphatic heterocycles. The number of rotatable bonds is 5. The molecule has 19 heavy (non-hydrogen) atoms. The first-order chi connectivity index (χ1) is 9.15. The molecule has 0 spiro atoms. The van der Waals surface area contributed by atoms with Gasteiger partial charge in [0.2, 0.25) is 0 Å². The minimum absolute atomic E-state index is 0.226. The molecule has 1 atom stereocenters. The Bertz CT molecular complexity index is 550. The minimum atomic E-state index is 0.226. The number of nitrogens with one attached hydrogen (secondary N) is 1. The van der Waals surface area contributed by atoms with E-state index in [1.54, 1.807) is 6.33 Å². The number of aryl methyl sites for hydroxylation is 2. The third kappa shape index (κ3) is 3.22. The predicted octanol–water partition coefficient (Wildman–Crippen LogP) is 2.87. The second-order valence-corrected chi connectivity index (χ2v) is 5.42. The van der Waals surface area contributed by atoms with Crippen molar-refractivity contribution in [3.05, 3.63) is 46.0 Å². The quantitative estimate of drug-likeness (QED) is 0.920. The molecule has 1 unspecified atom stereocenters. The maximum atomic E-state index is 4.35. The second kappa shape index (κ2) is 6.30. The number of benzene rings is 1. The Hall–Kier alpha value is -1.20. The molecule has 0 amide bonds. The van der Waals surface area contributed by atoms with Gasteiger partial charge < -0.3 is 5.32 Å². The molecule has 102 valence electrons. The Labute approximate surface area is 122 Å². The largest absolute Gasteiger partial charge is 0.313 e. The molecule has 0 bridgehead atoms. The Morgan fingerprint density at radius 1 is 1.42 bits per heavy atom. The van der Waals surface area contributed by atoms with Crippen molar-refractivity contribution in [2.24, 2.45) is 0 Å². The lowest BCUT2D eigenvalue weighted by atomic mass is 10.0. The number of hydrogen-bond acceptors (Lipinski definition) is 3. The Morgan fingerprint density at radius 3 is 2.89 bits per heavy atom. The van der Waals surface area contributed by atoms with E-state index in [2.05, 4.69) is 63.4 Å². The topological polar surface area (TPSA) is 42.7 Å². The molecule has 1 N–H and O–H groups in total. The summed E-state index contributed by atoms with van der Waals surface area (Å²) in [4.78, 5) is 4.35. The lowest BCUT2D eigenvalue weighted by Gasteiger charge is -2.18. The van der Waals surface area contributed by atoms with Crippen molar-refractivity contribution in [2.45, 2.75) is 32.9 Å². The van der Waals surface area contributed by atoms with Crippen LogP contribution in [-0.2, 0) is 13.0 Å². The van der Waals surface area contributed by atoms with E-state index in [0.29, 0.717) is 0 Å². The summed E-state index contributed by atoms with van der Waals surface area (Å²) >= 11 is 3.63. The van der Waals surface area contributed by atoms with E-state index in [9.17, 15) is 0 Å². The van der Waals surface area contributed by atoms with Crippen molar-refractivity contribution in [2.75, 3.05) is 7.05 Å². The van der Waals surface area contributed by atoms with E-state index in [4.69, 9.17) is 0 Å². The molecular weight excluding hydrogens is 304 g/mol. The summed E-state index contributed by atoms with van der Waals surface area (Å²) in [5.41, 5.74) is 2.52. The van der Waals surface area contributed by atoms with E-state index >= 15 is 0 Å². The molecule has 0 radical (unpaired) electrons. The molecule has 1 aromatic carbocycles. The fourth-order valence-corrected chi connectivity index (χ4v) is 2.71.